The lowest BCUT2D eigenvalue weighted by Gasteiger charge is -2.30. The fraction of sp³-hybridized carbons (Fsp3) is 0.500. The Hall–Kier alpha value is -0.780. The molecule has 1 aromatic carbocycles. The van der Waals surface area contributed by atoms with Gasteiger partial charge in [0.25, 0.3) is 0 Å². The summed E-state index contributed by atoms with van der Waals surface area (Å²) in [4.78, 5) is 14.1. The first kappa shape index (κ1) is 17.3. The second-order valence-electron chi connectivity index (χ2n) is 4.86. The van der Waals surface area contributed by atoms with Crippen LogP contribution in [-0.4, -0.2) is 37.0 Å². The minimum atomic E-state index is 0. The highest BCUT2D eigenvalue weighted by atomic mass is 79.9. The van der Waals surface area contributed by atoms with Crippen LogP contribution in [0.15, 0.2) is 22.7 Å². The Morgan fingerprint density at radius 3 is 2.65 bits per heavy atom. The van der Waals surface area contributed by atoms with E-state index in [4.69, 9.17) is 10.5 Å². The first-order valence-electron chi connectivity index (χ1n) is 6.46. The Morgan fingerprint density at radius 1 is 1.45 bits per heavy atom. The summed E-state index contributed by atoms with van der Waals surface area (Å²) in [7, 11) is 1.63. The molecule has 1 aliphatic heterocycles. The highest BCUT2D eigenvalue weighted by Gasteiger charge is 2.20. The number of rotatable bonds is 3. The topological polar surface area (TPSA) is 55.6 Å². The van der Waals surface area contributed by atoms with Crippen molar-refractivity contribution in [1.82, 2.24) is 4.90 Å². The van der Waals surface area contributed by atoms with Gasteiger partial charge in [0.1, 0.15) is 5.75 Å². The standard InChI is InChI=1S/C14H19BrN2O2.ClH/c1-19-13-3-2-10(8-12(13)15)9-14(18)17-6-4-11(16)5-7-17;/h2-3,8,11H,4-7,9,16H2,1H3;1H. The Morgan fingerprint density at radius 2 is 2.10 bits per heavy atom. The number of nitrogens with two attached hydrogens (primary N) is 1. The summed E-state index contributed by atoms with van der Waals surface area (Å²) >= 11 is 3.43. The van der Waals surface area contributed by atoms with Gasteiger partial charge in [0.2, 0.25) is 5.91 Å². The SMILES string of the molecule is COc1ccc(CC(=O)N2CCC(N)CC2)cc1Br.Cl. The molecular weight excluding hydrogens is 344 g/mol. The molecule has 1 saturated heterocycles. The van der Waals surface area contributed by atoms with Crippen LogP contribution in [0.4, 0.5) is 0 Å². The van der Waals surface area contributed by atoms with Crippen LogP contribution >= 0.6 is 28.3 Å². The maximum absolute atomic E-state index is 12.2. The first-order chi connectivity index (χ1) is 9.10. The van der Waals surface area contributed by atoms with Gasteiger partial charge < -0.3 is 15.4 Å². The third-order valence-corrected chi connectivity index (χ3v) is 4.08. The van der Waals surface area contributed by atoms with E-state index in [1.165, 1.54) is 0 Å². The van der Waals surface area contributed by atoms with Crippen LogP contribution in [-0.2, 0) is 11.2 Å². The Bertz CT molecular complexity index is 462. The molecule has 0 spiro atoms. The normalized spacial score (nSPS) is 15.7. The van der Waals surface area contributed by atoms with Gasteiger partial charge in [-0.15, -0.1) is 12.4 Å². The van der Waals surface area contributed by atoms with Crippen LogP contribution in [0.3, 0.4) is 0 Å². The predicted molar refractivity (Wildman–Crippen MR) is 85.4 cm³/mol. The number of amides is 1. The van der Waals surface area contributed by atoms with Gasteiger partial charge in [-0.3, -0.25) is 4.79 Å². The summed E-state index contributed by atoms with van der Waals surface area (Å²) in [5.41, 5.74) is 6.84. The summed E-state index contributed by atoms with van der Waals surface area (Å²) in [6, 6.07) is 5.99. The molecule has 112 valence electrons. The van der Waals surface area contributed by atoms with E-state index < -0.39 is 0 Å². The fourth-order valence-corrected chi connectivity index (χ4v) is 2.84. The number of ether oxygens (including phenoxy) is 1. The Kier molecular flexibility index (Phi) is 6.79. The van der Waals surface area contributed by atoms with Crippen LogP contribution in [0.5, 0.6) is 5.75 Å². The molecule has 0 atom stereocenters. The van der Waals surface area contributed by atoms with Crippen LogP contribution in [0.2, 0.25) is 0 Å². The van der Waals surface area contributed by atoms with Crippen LogP contribution in [0.25, 0.3) is 0 Å². The Balaban J connectivity index is 0.00000200. The van der Waals surface area contributed by atoms with E-state index in [-0.39, 0.29) is 24.4 Å². The van der Waals surface area contributed by atoms with E-state index in [9.17, 15) is 4.79 Å². The molecule has 0 unspecified atom stereocenters. The quantitative estimate of drug-likeness (QED) is 0.897. The van der Waals surface area contributed by atoms with Crippen LogP contribution < -0.4 is 10.5 Å². The highest BCUT2D eigenvalue weighted by Crippen LogP contribution is 2.26. The fourth-order valence-electron chi connectivity index (χ4n) is 2.26. The molecule has 0 aliphatic carbocycles. The molecule has 1 fully saturated rings. The molecule has 1 heterocycles. The number of carbonyl (C=O) groups is 1. The highest BCUT2D eigenvalue weighted by molar-refractivity contribution is 9.10. The summed E-state index contributed by atoms with van der Waals surface area (Å²) in [6.45, 7) is 1.55. The van der Waals surface area contributed by atoms with E-state index in [0.717, 1.165) is 41.7 Å². The maximum Gasteiger partial charge on any atom is 0.226 e. The van der Waals surface area contributed by atoms with Crippen molar-refractivity contribution >= 4 is 34.2 Å². The summed E-state index contributed by atoms with van der Waals surface area (Å²) in [6.07, 6.45) is 2.23. The molecule has 6 heteroatoms. The number of likely N-dealkylation sites (tertiary alicyclic amines) is 1. The third kappa shape index (κ3) is 4.36. The molecular formula is C14H20BrClN2O2. The van der Waals surface area contributed by atoms with Gasteiger partial charge >= 0.3 is 0 Å². The number of hydrogen-bond donors (Lipinski definition) is 1. The molecule has 0 bridgehead atoms. The number of halogens is 2. The minimum Gasteiger partial charge on any atom is -0.496 e. The third-order valence-electron chi connectivity index (χ3n) is 3.46. The van der Waals surface area contributed by atoms with Crippen molar-refractivity contribution in [2.24, 2.45) is 5.73 Å². The largest absolute Gasteiger partial charge is 0.496 e. The van der Waals surface area contributed by atoms with E-state index in [1.54, 1.807) is 7.11 Å². The molecule has 0 aromatic heterocycles. The van der Waals surface area contributed by atoms with Crippen molar-refractivity contribution in [1.29, 1.82) is 0 Å². The second kappa shape index (κ2) is 7.86. The van der Waals surface area contributed by atoms with Crippen LogP contribution in [0, 0.1) is 0 Å². The summed E-state index contributed by atoms with van der Waals surface area (Å²) in [5.74, 6) is 0.948. The zero-order chi connectivity index (χ0) is 13.8. The van der Waals surface area contributed by atoms with Gasteiger partial charge in [-0.2, -0.15) is 0 Å². The number of nitrogens with zero attached hydrogens (tertiary/aromatic N) is 1. The average molecular weight is 364 g/mol. The van der Waals surface area contributed by atoms with Crippen molar-refractivity contribution in [3.8, 4) is 5.75 Å². The molecule has 0 radical (unpaired) electrons. The van der Waals surface area contributed by atoms with Gasteiger partial charge in [-0.1, -0.05) is 6.07 Å². The Labute approximate surface area is 134 Å². The molecule has 1 amide bonds. The average Bonchev–Trinajstić information content (AvgIpc) is 2.39. The molecule has 20 heavy (non-hydrogen) atoms. The van der Waals surface area contributed by atoms with Crippen molar-refractivity contribution in [2.45, 2.75) is 25.3 Å². The van der Waals surface area contributed by atoms with E-state index in [0.29, 0.717) is 6.42 Å². The molecule has 4 nitrogen and oxygen atoms in total. The summed E-state index contributed by atoms with van der Waals surface area (Å²) in [5, 5.41) is 0. The van der Waals surface area contributed by atoms with Gasteiger partial charge in [0.05, 0.1) is 18.0 Å². The lowest BCUT2D eigenvalue weighted by molar-refractivity contribution is -0.131. The number of benzene rings is 1. The van der Waals surface area contributed by atoms with Gasteiger partial charge in [0.15, 0.2) is 0 Å². The minimum absolute atomic E-state index is 0. The first-order valence-corrected chi connectivity index (χ1v) is 7.25. The predicted octanol–water partition coefficient (Wildman–Crippen LogP) is 2.37. The molecule has 2 N–H and O–H groups in total. The molecule has 2 rings (SSSR count). The van der Waals surface area contributed by atoms with Crippen LogP contribution in [0.1, 0.15) is 18.4 Å². The van der Waals surface area contributed by atoms with Crippen molar-refractivity contribution in [3.05, 3.63) is 28.2 Å². The summed E-state index contributed by atoms with van der Waals surface area (Å²) < 4.78 is 6.05. The monoisotopic (exact) mass is 362 g/mol. The lowest BCUT2D eigenvalue weighted by atomic mass is 10.0. The van der Waals surface area contributed by atoms with E-state index in [2.05, 4.69) is 15.9 Å². The van der Waals surface area contributed by atoms with Gasteiger partial charge in [-0.25, -0.2) is 0 Å². The zero-order valence-corrected chi connectivity index (χ0v) is 13.9. The smallest absolute Gasteiger partial charge is 0.226 e. The van der Waals surface area contributed by atoms with Gasteiger partial charge in [-0.05, 0) is 46.5 Å². The van der Waals surface area contributed by atoms with E-state index in [1.807, 2.05) is 23.1 Å². The zero-order valence-electron chi connectivity index (χ0n) is 11.5. The molecule has 1 aromatic rings. The molecule has 1 aliphatic rings. The number of hydrogen-bond acceptors (Lipinski definition) is 3. The number of piperidine rings is 1. The second-order valence-corrected chi connectivity index (χ2v) is 5.72. The van der Waals surface area contributed by atoms with Crippen molar-refractivity contribution in [3.63, 3.8) is 0 Å². The van der Waals surface area contributed by atoms with Gasteiger partial charge in [0, 0.05) is 19.1 Å². The maximum atomic E-state index is 12.2. The number of methoxy groups -OCH3 is 1. The van der Waals surface area contributed by atoms with Crippen molar-refractivity contribution < 1.29 is 9.53 Å². The van der Waals surface area contributed by atoms with Crippen molar-refractivity contribution in [2.75, 3.05) is 20.2 Å². The van der Waals surface area contributed by atoms with E-state index >= 15 is 0 Å². The molecule has 0 saturated carbocycles. The lowest BCUT2D eigenvalue weighted by Crippen LogP contribution is -2.43. The number of carbonyl (C=O) groups excluding carboxylic acids is 1.